The number of aryl methyl sites for hydroxylation is 1. The molecule has 1 aliphatic rings. The number of esters is 1. The number of carbonyl (C=O) groups is 1. The largest absolute Gasteiger partial charge is 0.461 e. The number of rotatable bonds is 2. The molecule has 0 unspecified atom stereocenters. The second-order valence-corrected chi connectivity index (χ2v) is 4.09. The summed E-state index contributed by atoms with van der Waals surface area (Å²) in [6.45, 7) is 5.93. The highest BCUT2D eigenvalue weighted by Crippen LogP contribution is 2.25. The second kappa shape index (κ2) is 4.25. The van der Waals surface area contributed by atoms with Gasteiger partial charge in [-0.05, 0) is 6.92 Å². The van der Waals surface area contributed by atoms with Crippen LogP contribution >= 0.6 is 0 Å². The Labute approximate surface area is 94.8 Å². The Morgan fingerprint density at radius 3 is 3.12 bits per heavy atom. The molecule has 1 aromatic heterocycles. The zero-order valence-electron chi connectivity index (χ0n) is 9.91. The molecule has 88 valence electrons. The summed E-state index contributed by atoms with van der Waals surface area (Å²) in [6, 6.07) is 0. The van der Waals surface area contributed by atoms with Crippen molar-refractivity contribution in [1.29, 1.82) is 0 Å². The van der Waals surface area contributed by atoms with Gasteiger partial charge in [-0.25, -0.2) is 4.79 Å². The number of nitrogens with zero attached hydrogens (tertiary/aromatic N) is 2. The number of hydrogen-bond donors (Lipinski definition) is 1. The molecule has 0 bridgehead atoms. The summed E-state index contributed by atoms with van der Waals surface area (Å²) in [5.74, 6) is 0.0553. The standard InChI is InChI=1S/C11H17N3O2/c1-4-16-11(15)9-8-6-12-5-7(2)10(8)14(3)13-9/h7,12H,4-6H2,1-3H3/t7-/m0/s1. The van der Waals surface area contributed by atoms with E-state index in [9.17, 15) is 4.79 Å². The third kappa shape index (κ3) is 1.71. The van der Waals surface area contributed by atoms with E-state index in [1.54, 1.807) is 11.6 Å². The van der Waals surface area contributed by atoms with Gasteiger partial charge in [-0.3, -0.25) is 4.68 Å². The van der Waals surface area contributed by atoms with Crippen LogP contribution in [-0.4, -0.2) is 28.9 Å². The number of carbonyl (C=O) groups excluding carboxylic acids is 1. The summed E-state index contributed by atoms with van der Waals surface area (Å²) in [4.78, 5) is 11.7. The van der Waals surface area contributed by atoms with Gasteiger partial charge in [0, 0.05) is 37.3 Å². The van der Waals surface area contributed by atoms with Crippen LogP contribution in [0.1, 0.15) is 41.5 Å². The van der Waals surface area contributed by atoms with Gasteiger partial charge in [0.05, 0.1) is 6.61 Å². The van der Waals surface area contributed by atoms with Crippen LogP contribution in [0.4, 0.5) is 0 Å². The average Bonchev–Trinajstić information content (AvgIpc) is 2.58. The third-order valence-corrected chi connectivity index (χ3v) is 2.88. The van der Waals surface area contributed by atoms with Crippen molar-refractivity contribution in [2.24, 2.45) is 7.05 Å². The molecular formula is C11H17N3O2. The summed E-state index contributed by atoms with van der Waals surface area (Å²) in [5, 5.41) is 7.54. The molecule has 0 saturated heterocycles. The normalized spacial score (nSPS) is 19.3. The topological polar surface area (TPSA) is 56.1 Å². The Kier molecular flexibility index (Phi) is 2.96. The first-order valence-corrected chi connectivity index (χ1v) is 5.58. The van der Waals surface area contributed by atoms with Crippen molar-refractivity contribution in [3.8, 4) is 0 Å². The lowest BCUT2D eigenvalue weighted by Crippen LogP contribution is -2.28. The van der Waals surface area contributed by atoms with E-state index in [1.807, 2.05) is 7.05 Å². The number of ether oxygens (including phenoxy) is 1. The fraction of sp³-hybridized carbons (Fsp3) is 0.636. The van der Waals surface area contributed by atoms with Gasteiger partial charge < -0.3 is 10.1 Å². The maximum absolute atomic E-state index is 11.7. The number of aromatic nitrogens is 2. The van der Waals surface area contributed by atoms with Gasteiger partial charge in [0.25, 0.3) is 0 Å². The van der Waals surface area contributed by atoms with Crippen LogP contribution < -0.4 is 5.32 Å². The summed E-state index contributed by atoms with van der Waals surface area (Å²) in [6.07, 6.45) is 0. The van der Waals surface area contributed by atoms with E-state index in [2.05, 4.69) is 17.3 Å². The van der Waals surface area contributed by atoms with Crippen molar-refractivity contribution >= 4 is 5.97 Å². The van der Waals surface area contributed by atoms with Gasteiger partial charge in [-0.15, -0.1) is 0 Å². The minimum absolute atomic E-state index is 0.324. The van der Waals surface area contributed by atoms with Crippen molar-refractivity contribution in [1.82, 2.24) is 15.1 Å². The molecule has 2 heterocycles. The molecule has 5 heteroatoms. The lowest BCUT2D eigenvalue weighted by atomic mass is 9.98. The highest BCUT2D eigenvalue weighted by molar-refractivity contribution is 5.89. The molecule has 1 aromatic rings. The minimum atomic E-state index is -0.324. The van der Waals surface area contributed by atoms with Crippen molar-refractivity contribution in [3.63, 3.8) is 0 Å². The van der Waals surface area contributed by atoms with Gasteiger partial charge in [-0.1, -0.05) is 6.92 Å². The number of fused-ring (bicyclic) bond motifs is 1. The second-order valence-electron chi connectivity index (χ2n) is 4.09. The molecule has 0 saturated carbocycles. The Bertz CT molecular complexity index is 412. The fourth-order valence-corrected chi connectivity index (χ4v) is 2.25. The smallest absolute Gasteiger partial charge is 0.359 e. The molecule has 16 heavy (non-hydrogen) atoms. The van der Waals surface area contributed by atoms with Gasteiger partial charge in [0.2, 0.25) is 0 Å². The van der Waals surface area contributed by atoms with Crippen LogP contribution in [0.25, 0.3) is 0 Å². The maximum atomic E-state index is 11.7. The third-order valence-electron chi connectivity index (χ3n) is 2.88. The van der Waals surface area contributed by atoms with Crippen molar-refractivity contribution in [2.45, 2.75) is 26.3 Å². The molecule has 0 fully saturated rings. The van der Waals surface area contributed by atoms with E-state index in [0.717, 1.165) is 17.8 Å². The Balaban J connectivity index is 2.41. The fourth-order valence-electron chi connectivity index (χ4n) is 2.25. The lowest BCUT2D eigenvalue weighted by Gasteiger charge is -2.20. The van der Waals surface area contributed by atoms with Crippen LogP contribution in [0.2, 0.25) is 0 Å². The monoisotopic (exact) mass is 223 g/mol. The first-order valence-electron chi connectivity index (χ1n) is 5.58. The van der Waals surface area contributed by atoms with Crippen molar-refractivity contribution in [2.75, 3.05) is 13.2 Å². The molecule has 2 rings (SSSR count). The van der Waals surface area contributed by atoms with E-state index in [0.29, 0.717) is 24.8 Å². The molecule has 0 amide bonds. The molecule has 0 spiro atoms. The number of hydrogen-bond acceptors (Lipinski definition) is 4. The maximum Gasteiger partial charge on any atom is 0.359 e. The Hall–Kier alpha value is -1.36. The van der Waals surface area contributed by atoms with E-state index in [1.165, 1.54) is 0 Å². The first kappa shape index (κ1) is 11.1. The van der Waals surface area contributed by atoms with Crippen LogP contribution in [0, 0.1) is 0 Å². The molecular weight excluding hydrogens is 206 g/mol. The zero-order valence-corrected chi connectivity index (χ0v) is 9.91. The number of nitrogens with one attached hydrogen (secondary N) is 1. The van der Waals surface area contributed by atoms with Crippen LogP contribution in [0.3, 0.4) is 0 Å². The molecule has 0 aromatic carbocycles. The zero-order chi connectivity index (χ0) is 11.7. The predicted octanol–water partition coefficient (Wildman–Crippen LogP) is 0.804. The molecule has 0 radical (unpaired) electrons. The van der Waals surface area contributed by atoms with Gasteiger partial charge in [0.1, 0.15) is 0 Å². The van der Waals surface area contributed by atoms with E-state index < -0.39 is 0 Å². The van der Waals surface area contributed by atoms with E-state index in [4.69, 9.17) is 4.74 Å². The first-order chi connectivity index (χ1) is 7.65. The van der Waals surface area contributed by atoms with Gasteiger partial charge >= 0.3 is 5.97 Å². The van der Waals surface area contributed by atoms with Crippen molar-refractivity contribution in [3.05, 3.63) is 17.0 Å². The average molecular weight is 223 g/mol. The lowest BCUT2D eigenvalue weighted by molar-refractivity contribution is 0.0517. The molecule has 5 nitrogen and oxygen atoms in total. The quantitative estimate of drug-likeness (QED) is 0.754. The van der Waals surface area contributed by atoms with Crippen LogP contribution in [-0.2, 0) is 18.3 Å². The van der Waals surface area contributed by atoms with Crippen LogP contribution in [0.5, 0.6) is 0 Å². The van der Waals surface area contributed by atoms with E-state index >= 15 is 0 Å². The summed E-state index contributed by atoms with van der Waals surface area (Å²) < 4.78 is 6.80. The molecule has 1 N–H and O–H groups in total. The molecule has 0 aliphatic carbocycles. The summed E-state index contributed by atoms with van der Waals surface area (Å²) in [7, 11) is 1.88. The van der Waals surface area contributed by atoms with Crippen LogP contribution in [0.15, 0.2) is 0 Å². The highest BCUT2D eigenvalue weighted by Gasteiger charge is 2.27. The Morgan fingerprint density at radius 2 is 2.44 bits per heavy atom. The minimum Gasteiger partial charge on any atom is -0.461 e. The van der Waals surface area contributed by atoms with Gasteiger partial charge in [0.15, 0.2) is 5.69 Å². The summed E-state index contributed by atoms with van der Waals surface area (Å²) in [5.41, 5.74) is 2.58. The Morgan fingerprint density at radius 1 is 1.69 bits per heavy atom. The summed E-state index contributed by atoms with van der Waals surface area (Å²) >= 11 is 0. The highest BCUT2D eigenvalue weighted by atomic mass is 16.5. The predicted molar refractivity (Wildman–Crippen MR) is 59.3 cm³/mol. The van der Waals surface area contributed by atoms with Gasteiger partial charge in [-0.2, -0.15) is 5.10 Å². The molecule has 1 atom stereocenters. The van der Waals surface area contributed by atoms with E-state index in [-0.39, 0.29) is 5.97 Å². The molecule has 1 aliphatic heterocycles. The van der Waals surface area contributed by atoms with Crippen molar-refractivity contribution < 1.29 is 9.53 Å². The SMILES string of the molecule is CCOC(=O)c1nn(C)c2c1CNC[C@@H]2C.